The molecule has 2 unspecified atom stereocenters. The van der Waals surface area contributed by atoms with Crippen LogP contribution in [0.4, 0.5) is 0 Å². The highest BCUT2D eigenvalue weighted by Crippen LogP contribution is 2.64. The van der Waals surface area contributed by atoms with Gasteiger partial charge in [-0.25, -0.2) is 0 Å². The van der Waals surface area contributed by atoms with Crippen molar-refractivity contribution in [1.29, 1.82) is 0 Å². The van der Waals surface area contributed by atoms with Gasteiger partial charge < -0.3 is 20.4 Å². The van der Waals surface area contributed by atoms with Crippen LogP contribution >= 0.6 is 0 Å². The van der Waals surface area contributed by atoms with Crippen molar-refractivity contribution in [1.82, 2.24) is 0 Å². The maximum absolute atomic E-state index is 10.4. The van der Waals surface area contributed by atoms with E-state index in [2.05, 4.69) is 32.6 Å². The molecule has 0 radical (unpaired) electrons. The molecule has 0 bridgehead atoms. The molecule has 3 rings (SSSR count). The number of aliphatic hydroxyl groups excluding tert-OH is 2. The third-order valence-corrected chi connectivity index (χ3v) is 10.1. The topological polar surface area (TPSA) is 80.9 Å². The zero-order chi connectivity index (χ0) is 27.6. The molecule has 4 N–H and O–H groups in total. The minimum absolute atomic E-state index is 0.187. The Balaban J connectivity index is 1.83. The largest absolute Gasteiger partial charge is 0.393 e. The Labute approximate surface area is 227 Å². The zero-order valence-corrected chi connectivity index (χ0v) is 24.7. The van der Waals surface area contributed by atoms with Crippen LogP contribution < -0.4 is 0 Å². The fourth-order valence-corrected chi connectivity index (χ4v) is 8.17. The quantitative estimate of drug-likeness (QED) is 0.252. The van der Waals surface area contributed by atoms with E-state index in [0.717, 1.165) is 56.1 Å². The third-order valence-electron chi connectivity index (χ3n) is 10.1. The van der Waals surface area contributed by atoms with Gasteiger partial charge in [-0.3, -0.25) is 0 Å². The Hall–Kier alpha value is -0.940. The summed E-state index contributed by atoms with van der Waals surface area (Å²) in [4.78, 5) is 0. The normalized spacial score (nSPS) is 33.8. The fraction of sp³-hybridized carbons (Fsp3) is 0.818. The molecule has 0 heterocycles. The molecular weight excluding hydrogens is 460 g/mol. The Bertz CT molecular complexity index is 835. The number of hydrogen-bond donors (Lipinski definition) is 4. The second-order valence-corrected chi connectivity index (χ2v) is 14.6. The van der Waals surface area contributed by atoms with Gasteiger partial charge in [-0.1, -0.05) is 51.0 Å². The molecule has 37 heavy (non-hydrogen) atoms. The molecule has 212 valence electrons. The summed E-state index contributed by atoms with van der Waals surface area (Å²) in [6, 6.07) is 0. The van der Waals surface area contributed by atoms with E-state index in [-0.39, 0.29) is 10.8 Å². The summed E-state index contributed by atoms with van der Waals surface area (Å²) in [6.45, 7) is 16.8. The summed E-state index contributed by atoms with van der Waals surface area (Å²) in [5.74, 6) is 1.19. The highest BCUT2D eigenvalue weighted by Gasteiger charge is 2.54. The third kappa shape index (κ3) is 7.81. The van der Waals surface area contributed by atoms with Gasteiger partial charge in [-0.05, 0) is 126 Å². The van der Waals surface area contributed by atoms with E-state index >= 15 is 0 Å². The number of aliphatic hydroxyl groups is 4. The van der Waals surface area contributed by atoms with Crippen LogP contribution in [-0.4, -0.2) is 43.8 Å². The molecule has 0 aromatic heterocycles. The van der Waals surface area contributed by atoms with Crippen molar-refractivity contribution in [2.24, 2.45) is 22.7 Å². The van der Waals surface area contributed by atoms with Crippen LogP contribution in [0.2, 0.25) is 0 Å². The number of allylic oxidation sites excluding steroid dienone is 3. The Morgan fingerprint density at radius 2 is 1.51 bits per heavy atom. The maximum Gasteiger partial charge on any atom is 0.0811 e. The van der Waals surface area contributed by atoms with Gasteiger partial charge in [-0.15, -0.1) is 0 Å². The first-order chi connectivity index (χ1) is 17.0. The van der Waals surface area contributed by atoms with E-state index in [0.29, 0.717) is 24.7 Å². The zero-order valence-electron chi connectivity index (χ0n) is 24.7. The lowest BCUT2D eigenvalue weighted by atomic mass is 9.55. The van der Waals surface area contributed by atoms with E-state index in [1.165, 1.54) is 31.3 Å². The molecule has 3 saturated carbocycles. The van der Waals surface area contributed by atoms with Crippen molar-refractivity contribution >= 4 is 0 Å². The standard InChI is InChI=1S/C33H56O4/c1-23-25(21-26(34)22-28(23)35)13-12-24-11-8-20-33(7)27(24)14-15-29(33)32(6,18-9-16-30(2,3)36)19-10-17-31(4,5)37/h12-13,26-29,34-37H,1,8-11,14-22H2,2-7H3/t26-,27?,28?,29-,33+/m1/s1. The van der Waals surface area contributed by atoms with Crippen LogP contribution in [0, 0.1) is 22.7 Å². The van der Waals surface area contributed by atoms with Crippen LogP contribution in [0.15, 0.2) is 35.5 Å². The molecule has 3 fully saturated rings. The van der Waals surface area contributed by atoms with E-state index in [1.807, 2.05) is 27.7 Å². The SMILES string of the molecule is C=C1C(=CC=C2CCC[C@@]3(C)C2CC[C@@H]3C(C)(CCCC(C)(C)O)CCCC(C)(C)O)C[C@@H](O)CC1O. The monoisotopic (exact) mass is 516 g/mol. The molecule has 4 heteroatoms. The van der Waals surface area contributed by atoms with E-state index in [1.54, 1.807) is 0 Å². The van der Waals surface area contributed by atoms with Crippen molar-refractivity contribution in [2.75, 3.05) is 0 Å². The molecule has 3 aliphatic carbocycles. The molecule has 0 saturated heterocycles. The maximum atomic E-state index is 10.4. The van der Waals surface area contributed by atoms with Crippen LogP contribution in [0.5, 0.6) is 0 Å². The molecule has 3 aliphatic rings. The van der Waals surface area contributed by atoms with Crippen molar-refractivity contribution in [3.8, 4) is 0 Å². The molecule has 0 amide bonds. The summed E-state index contributed by atoms with van der Waals surface area (Å²) >= 11 is 0. The highest BCUT2D eigenvalue weighted by atomic mass is 16.3. The van der Waals surface area contributed by atoms with Crippen LogP contribution in [0.1, 0.15) is 125 Å². The summed E-state index contributed by atoms with van der Waals surface area (Å²) in [5.41, 5.74) is 2.46. The second kappa shape index (κ2) is 11.7. The van der Waals surface area contributed by atoms with Gasteiger partial charge in [0.25, 0.3) is 0 Å². The van der Waals surface area contributed by atoms with Crippen LogP contribution in [0.25, 0.3) is 0 Å². The van der Waals surface area contributed by atoms with Crippen molar-refractivity contribution in [2.45, 2.75) is 148 Å². The minimum Gasteiger partial charge on any atom is -0.393 e. The average molecular weight is 517 g/mol. The summed E-state index contributed by atoms with van der Waals surface area (Å²) < 4.78 is 0. The second-order valence-electron chi connectivity index (χ2n) is 14.6. The van der Waals surface area contributed by atoms with Gasteiger partial charge in [-0.2, -0.15) is 0 Å². The molecule has 0 aliphatic heterocycles. The first-order valence-electron chi connectivity index (χ1n) is 14.9. The summed E-state index contributed by atoms with van der Waals surface area (Å²) in [5, 5.41) is 41.2. The Morgan fingerprint density at radius 3 is 2.08 bits per heavy atom. The molecule has 0 spiro atoms. The predicted molar refractivity (Wildman–Crippen MR) is 153 cm³/mol. The smallest absolute Gasteiger partial charge is 0.0811 e. The summed E-state index contributed by atoms with van der Waals surface area (Å²) in [7, 11) is 0. The predicted octanol–water partition coefficient (Wildman–Crippen LogP) is 7.02. The summed E-state index contributed by atoms with van der Waals surface area (Å²) in [6.07, 6.45) is 16.2. The van der Waals surface area contributed by atoms with Crippen molar-refractivity contribution in [3.05, 3.63) is 35.5 Å². The minimum atomic E-state index is -0.644. The number of rotatable bonds is 10. The van der Waals surface area contributed by atoms with Gasteiger partial charge in [0.15, 0.2) is 0 Å². The average Bonchev–Trinajstić information content (AvgIpc) is 3.11. The first kappa shape index (κ1) is 30.6. The lowest BCUT2D eigenvalue weighted by molar-refractivity contribution is 0.00528. The van der Waals surface area contributed by atoms with Crippen molar-refractivity contribution in [3.63, 3.8) is 0 Å². The van der Waals surface area contributed by atoms with E-state index in [4.69, 9.17) is 0 Å². The Morgan fingerprint density at radius 1 is 0.919 bits per heavy atom. The van der Waals surface area contributed by atoms with Gasteiger partial charge in [0.1, 0.15) is 0 Å². The highest BCUT2D eigenvalue weighted by molar-refractivity contribution is 5.38. The fourth-order valence-electron chi connectivity index (χ4n) is 8.17. The van der Waals surface area contributed by atoms with Gasteiger partial charge in [0.2, 0.25) is 0 Å². The number of fused-ring (bicyclic) bond motifs is 1. The van der Waals surface area contributed by atoms with E-state index < -0.39 is 23.4 Å². The molecule has 0 aromatic rings. The lowest BCUT2D eigenvalue weighted by Gasteiger charge is -2.50. The molecule has 0 aromatic carbocycles. The van der Waals surface area contributed by atoms with Crippen LogP contribution in [-0.2, 0) is 0 Å². The number of hydrogen-bond acceptors (Lipinski definition) is 4. The van der Waals surface area contributed by atoms with Gasteiger partial charge in [0, 0.05) is 6.42 Å². The van der Waals surface area contributed by atoms with Crippen LogP contribution in [0.3, 0.4) is 0 Å². The van der Waals surface area contributed by atoms with Gasteiger partial charge >= 0.3 is 0 Å². The molecule has 5 atom stereocenters. The Kier molecular flexibility index (Phi) is 9.64. The molecule has 4 nitrogen and oxygen atoms in total. The lowest BCUT2D eigenvalue weighted by Crippen LogP contribution is -2.41. The first-order valence-corrected chi connectivity index (χ1v) is 14.9. The molecular formula is C33H56O4. The van der Waals surface area contributed by atoms with Crippen molar-refractivity contribution < 1.29 is 20.4 Å². The van der Waals surface area contributed by atoms with Gasteiger partial charge in [0.05, 0.1) is 23.4 Å². The van der Waals surface area contributed by atoms with E-state index in [9.17, 15) is 20.4 Å².